The Morgan fingerprint density at radius 3 is 2.72 bits per heavy atom. The summed E-state index contributed by atoms with van der Waals surface area (Å²) >= 11 is 12.4. The van der Waals surface area contributed by atoms with Crippen LogP contribution in [0.5, 0.6) is 0 Å². The highest BCUT2D eigenvalue weighted by Crippen LogP contribution is 2.39. The normalized spacial score (nSPS) is 20.5. The van der Waals surface area contributed by atoms with Gasteiger partial charge in [-0.15, -0.1) is 0 Å². The van der Waals surface area contributed by atoms with Gasteiger partial charge in [-0.1, -0.05) is 47.5 Å². The van der Waals surface area contributed by atoms with Crippen molar-refractivity contribution in [2.24, 2.45) is 16.5 Å². The molecule has 2 aliphatic heterocycles. The van der Waals surface area contributed by atoms with Gasteiger partial charge in [0, 0.05) is 0 Å². The van der Waals surface area contributed by atoms with Crippen LogP contribution in [-0.4, -0.2) is 42.1 Å². The molecule has 0 saturated carbocycles. The van der Waals surface area contributed by atoms with Crippen LogP contribution < -0.4 is 15.8 Å². The first-order valence-corrected chi connectivity index (χ1v) is 11.9. The van der Waals surface area contributed by atoms with E-state index in [1.807, 2.05) is 12.1 Å². The molecule has 0 radical (unpaired) electrons. The van der Waals surface area contributed by atoms with E-state index in [0.29, 0.717) is 23.5 Å². The van der Waals surface area contributed by atoms with Gasteiger partial charge in [0.1, 0.15) is 11.1 Å². The predicted octanol–water partition coefficient (Wildman–Crippen LogP) is 2.76. The summed E-state index contributed by atoms with van der Waals surface area (Å²) in [6.07, 6.45) is 1.50. The maximum Gasteiger partial charge on any atom is 0.265 e. The van der Waals surface area contributed by atoms with Gasteiger partial charge >= 0.3 is 0 Å². The third-order valence-electron chi connectivity index (χ3n) is 5.73. The topological polar surface area (TPSA) is 134 Å². The number of rotatable bonds is 3. The van der Waals surface area contributed by atoms with Crippen molar-refractivity contribution in [1.29, 1.82) is 0 Å². The number of nitrogens with two attached hydrogens (primary N) is 2. The lowest BCUT2D eigenvalue weighted by Crippen LogP contribution is -2.57. The minimum absolute atomic E-state index is 0.0208. The van der Waals surface area contributed by atoms with Crippen molar-refractivity contribution < 1.29 is 8.42 Å². The standard InChI is InChI=1S/C20H19Cl2N7O2S/c21-14-5-3-7-16(17(14)22)32(30,31)28-10-12(8-11-4-1-2-6-15(11)28)29-18(23)13-9-25-27-19(13)26-20(29)24/h1-7,9,12,18H,8,10,23H2,(H3,24,25,26,27). The van der Waals surface area contributed by atoms with E-state index in [0.717, 1.165) is 5.56 Å². The van der Waals surface area contributed by atoms with E-state index < -0.39 is 16.2 Å². The molecule has 0 aliphatic carbocycles. The highest BCUT2D eigenvalue weighted by Gasteiger charge is 2.40. The summed E-state index contributed by atoms with van der Waals surface area (Å²) in [7, 11) is -4.03. The Bertz CT molecular complexity index is 1340. The molecular formula is C20H19Cl2N7O2S. The summed E-state index contributed by atoms with van der Waals surface area (Å²) in [5.41, 5.74) is 14.8. The predicted molar refractivity (Wildman–Crippen MR) is 124 cm³/mol. The van der Waals surface area contributed by atoms with Crippen molar-refractivity contribution in [3.63, 3.8) is 0 Å². The molecule has 9 nitrogen and oxygen atoms in total. The Hall–Kier alpha value is -2.79. The number of aromatic amines is 1. The molecule has 2 aliphatic rings. The molecule has 5 rings (SSSR count). The van der Waals surface area contributed by atoms with E-state index in [4.69, 9.17) is 34.7 Å². The highest BCUT2D eigenvalue weighted by molar-refractivity contribution is 7.93. The second-order valence-corrected chi connectivity index (χ2v) is 10.2. The van der Waals surface area contributed by atoms with Crippen molar-refractivity contribution in [1.82, 2.24) is 15.1 Å². The number of hydrogen-bond donors (Lipinski definition) is 3. The number of aromatic nitrogens is 2. The van der Waals surface area contributed by atoms with Gasteiger partial charge < -0.3 is 16.4 Å². The molecule has 2 atom stereocenters. The third-order valence-corrected chi connectivity index (χ3v) is 8.48. The number of sulfonamides is 1. The Balaban J connectivity index is 1.60. The summed E-state index contributed by atoms with van der Waals surface area (Å²) in [6.45, 7) is 0.0965. The van der Waals surface area contributed by atoms with Crippen LogP contribution in [0.3, 0.4) is 0 Å². The molecule has 0 bridgehead atoms. The number of fused-ring (bicyclic) bond motifs is 2. The lowest BCUT2D eigenvalue weighted by molar-refractivity contribution is 0.233. The Morgan fingerprint density at radius 1 is 1.12 bits per heavy atom. The second-order valence-electron chi connectivity index (χ2n) is 7.57. The molecule has 2 unspecified atom stereocenters. The first-order chi connectivity index (χ1) is 15.3. The van der Waals surface area contributed by atoms with Gasteiger partial charge in [-0.3, -0.25) is 9.40 Å². The quantitative estimate of drug-likeness (QED) is 0.515. The molecule has 0 fully saturated rings. The molecule has 3 aromatic rings. The molecular weight excluding hydrogens is 473 g/mol. The fourth-order valence-electron chi connectivity index (χ4n) is 4.22. The van der Waals surface area contributed by atoms with Crippen molar-refractivity contribution in [3.8, 4) is 0 Å². The van der Waals surface area contributed by atoms with Gasteiger partial charge in [0.2, 0.25) is 0 Å². The van der Waals surface area contributed by atoms with Crippen LogP contribution in [0.1, 0.15) is 17.3 Å². The summed E-state index contributed by atoms with van der Waals surface area (Å²) in [6, 6.07) is 11.5. The zero-order valence-corrected chi connectivity index (χ0v) is 18.9. The fraction of sp³-hybridized carbons (Fsp3) is 0.200. The van der Waals surface area contributed by atoms with E-state index in [9.17, 15) is 8.42 Å². The Labute approximate surface area is 194 Å². The molecule has 0 spiro atoms. The average molecular weight is 492 g/mol. The lowest BCUT2D eigenvalue weighted by Gasteiger charge is -2.44. The number of benzene rings is 2. The zero-order valence-electron chi connectivity index (χ0n) is 16.6. The summed E-state index contributed by atoms with van der Waals surface area (Å²) in [5.74, 6) is 0.689. The maximum atomic E-state index is 13.7. The third kappa shape index (κ3) is 3.22. The summed E-state index contributed by atoms with van der Waals surface area (Å²) in [5, 5.41) is 6.90. The number of guanidine groups is 1. The van der Waals surface area contributed by atoms with Crippen LogP contribution >= 0.6 is 23.2 Å². The van der Waals surface area contributed by atoms with Crippen LogP contribution in [0, 0.1) is 0 Å². The average Bonchev–Trinajstić information content (AvgIpc) is 3.23. The van der Waals surface area contributed by atoms with E-state index in [1.165, 1.54) is 10.4 Å². The number of aliphatic imine (C=N–C) groups is 1. The molecule has 3 heterocycles. The van der Waals surface area contributed by atoms with Crippen molar-refractivity contribution in [2.75, 3.05) is 10.8 Å². The first-order valence-electron chi connectivity index (χ1n) is 9.75. The number of H-pyrrole nitrogens is 1. The minimum Gasteiger partial charge on any atom is -0.369 e. The maximum absolute atomic E-state index is 13.7. The van der Waals surface area contributed by atoms with E-state index in [-0.39, 0.29) is 33.5 Å². The van der Waals surface area contributed by atoms with Crippen LogP contribution in [0.15, 0.2) is 58.5 Å². The van der Waals surface area contributed by atoms with Gasteiger partial charge in [-0.05, 0) is 30.2 Å². The summed E-state index contributed by atoms with van der Waals surface area (Å²) < 4.78 is 28.8. The Morgan fingerprint density at radius 2 is 1.91 bits per heavy atom. The van der Waals surface area contributed by atoms with Crippen molar-refractivity contribution in [2.45, 2.75) is 23.5 Å². The van der Waals surface area contributed by atoms with Gasteiger partial charge in [-0.25, -0.2) is 8.42 Å². The fourth-order valence-corrected chi connectivity index (χ4v) is 6.50. The highest BCUT2D eigenvalue weighted by atomic mass is 35.5. The van der Waals surface area contributed by atoms with Crippen LogP contribution in [-0.2, 0) is 16.4 Å². The number of hydrogen-bond acceptors (Lipinski definition) is 7. The van der Waals surface area contributed by atoms with Crippen molar-refractivity contribution >= 4 is 50.7 Å². The molecule has 166 valence electrons. The van der Waals surface area contributed by atoms with E-state index in [2.05, 4.69) is 15.2 Å². The number of anilines is 1. The van der Waals surface area contributed by atoms with Gasteiger partial charge in [0.05, 0.1) is 40.1 Å². The largest absolute Gasteiger partial charge is 0.369 e. The Kier molecular flexibility index (Phi) is 5.05. The number of nitrogens with one attached hydrogen (secondary N) is 1. The molecule has 12 heteroatoms. The molecule has 2 aromatic carbocycles. The van der Waals surface area contributed by atoms with Crippen LogP contribution in [0.4, 0.5) is 11.5 Å². The number of para-hydroxylation sites is 1. The van der Waals surface area contributed by atoms with Crippen molar-refractivity contribution in [3.05, 3.63) is 69.8 Å². The van der Waals surface area contributed by atoms with E-state index in [1.54, 1.807) is 35.4 Å². The molecule has 1 aromatic heterocycles. The van der Waals surface area contributed by atoms with Gasteiger partial charge in [0.15, 0.2) is 11.8 Å². The molecule has 32 heavy (non-hydrogen) atoms. The SMILES string of the molecule is NC1=Nc2[nH]ncc2C(N)N1C1Cc2ccccc2N(S(=O)(=O)c2cccc(Cl)c2Cl)C1. The lowest BCUT2D eigenvalue weighted by atomic mass is 9.97. The smallest absolute Gasteiger partial charge is 0.265 e. The molecule has 5 N–H and O–H groups in total. The molecule has 0 amide bonds. The van der Waals surface area contributed by atoms with E-state index >= 15 is 0 Å². The van der Waals surface area contributed by atoms with Gasteiger partial charge in [0.25, 0.3) is 10.0 Å². The number of nitrogens with zero attached hydrogens (tertiary/aromatic N) is 4. The first kappa shape index (κ1) is 21.1. The monoisotopic (exact) mass is 491 g/mol. The van der Waals surface area contributed by atoms with Crippen LogP contribution in [0.25, 0.3) is 0 Å². The van der Waals surface area contributed by atoms with Crippen LogP contribution in [0.2, 0.25) is 10.0 Å². The molecule has 0 saturated heterocycles. The second kappa shape index (κ2) is 7.66. The number of halogens is 2. The zero-order chi connectivity index (χ0) is 22.6. The minimum atomic E-state index is -4.03. The van der Waals surface area contributed by atoms with Gasteiger partial charge in [-0.2, -0.15) is 10.1 Å². The summed E-state index contributed by atoms with van der Waals surface area (Å²) in [4.78, 5) is 6.02.